The molecule has 276 valence electrons. The summed E-state index contributed by atoms with van der Waals surface area (Å²) in [4.78, 5) is 28.5. The van der Waals surface area contributed by atoms with Crippen LogP contribution in [0.4, 0.5) is 5.69 Å². The Balaban J connectivity index is 1.22. The number of nitrogens with zero attached hydrogens (tertiary/aromatic N) is 1. The molecule has 2 fully saturated rings. The molecule has 4 atom stereocenters. The summed E-state index contributed by atoms with van der Waals surface area (Å²) in [6, 6.07) is 11.0. The fourth-order valence-corrected chi connectivity index (χ4v) is 9.54. The molecule has 1 saturated carbocycles. The lowest BCUT2D eigenvalue weighted by Gasteiger charge is -2.46. The monoisotopic (exact) mass is 741 g/mol. The molecule has 0 unspecified atom stereocenters. The zero-order valence-corrected chi connectivity index (χ0v) is 30.9. The summed E-state index contributed by atoms with van der Waals surface area (Å²) in [6.07, 6.45) is 9.61. The molecule has 51 heavy (non-hydrogen) atoms. The van der Waals surface area contributed by atoms with Crippen LogP contribution >= 0.6 is 11.6 Å². The van der Waals surface area contributed by atoms with Gasteiger partial charge in [0.15, 0.2) is 0 Å². The first-order chi connectivity index (χ1) is 24.4. The fourth-order valence-electron chi connectivity index (χ4n) is 8.22. The summed E-state index contributed by atoms with van der Waals surface area (Å²) in [5.74, 6) is -0.0396. The molecule has 2 N–H and O–H groups in total. The van der Waals surface area contributed by atoms with Crippen LogP contribution in [0.1, 0.15) is 63.5 Å². The molecule has 2 bridgehead atoms. The number of hydrogen-bond acceptors (Lipinski definition) is 9. The lowest BCUT2D eigenvalue weighted by atomic mass is 9.68. The lowest BCUT2D eigenvalue weighted by molar-refractivity contribution is -0.139. The van der Waals surface area contributed by atoms with Gasteiger partial charge in [0, 0.05) is 42.8 Å². The van der Waals surface area contributed by atoms with Crippen molar-refractivity contribution in [2.45, 2.75) is 86.9 Å². The molecular formula is C38H48ClN3O8S. The molecule has 0 radical (unpaired) electrons. The van der Waals surface area contributed by atoms with E-state index in [1.165, 1.54) is 31.0 Å². The van der Waals surface area contributed by atoms with Crippen LogP contribution in [-0.2, 0) is 45.7 Å². The predicted molar refractivity (Wildman–Crippen MR) is 193 cm³/mol. The first-order valence-corrected chi connectivity index (χ1v) is 20.0. The molecule has 11 nitrogen and oxygen atoms in total. The molecular weight excluding hydrogens is 694 g/mol. The topological polar surface area (TPSA) is 132 Å². The lowest BCUT2D eigenvalue weighted by Crippen LogP contribution is -2.50. The van der Waals surface area contributed by atoms with Crippen LogP contribution in [0.5, 0.6) is 5.75 Å². The fraction of sp³-hybridized carbons (Fsp3) is 0.579. The van der Waals surface area contributed by atoms with Crippen LogP contribution in [0.3, 0.4) is 0 Å². The number of carbonyl (C=O) groups is 2. The van der Waals surface area contributed by atoms with Crippen molar-refractivity contribution in [3.63, 3.8) is 0 Å². The van der Waals surface area contributed by atoms with Gasteiger partial charge < -0.3 is 29.2 Å². The minimum absolute atomic E-state index is 0.0281. The number of rotatable bonds is 4. The SMILES string of the molecule is CC1(C)OCC=C[C@H](OCC(=O)NC2CCOCC2)[C@@H]2CC[C@H]2CN2C[C@@]3(CCCc4cc(Cl)ccc43)COc3ccc(cc32)S(=O)(=O)NC1=O. The van der Waals surface area contributed by atoms with Crippen molar-refractivity contribution < 1.29 is 37.0 Å². The quantitative estimate of drug-likeness (QED) is 0.429. The number of ether oxygens (including phenoxy) is 4. The summed E-state index contributed by atoms with van der Waals surface area (Å²) in [6.45, 7) is 6.00. The van der Waals surface area contributed by atoms with Gasteiger partial charge in [-0.15, -0.1) is 0 Å². The van der Waals surface area contributed by atoms with Crippen molar-refractivity contribution >= 4 is 39.1 Å². The van der Waals surface area contributed by atoms with Gasteiger partial charge in [0.2, 0.25) is 5.91 Å². The molecule has 2 amide bonds. The van der Waals surface area contributed by atoms with E-state index in [1.807, 2.05) is 12.1 Å². The highest BCUT2D eigenvalue weighted by molar-refractivity contribution is 7.90. The van der Waals surface area contributed by atoms with Gasteiger partial charge in [-0.1, -0.05) is 29.8 Å². The second-order valence-electron chi connectivity index (χ2n) is 15.1. The number of fused-ring (bicyclic) bond motifs is 4. The molecule has 1 spiro atoms. The minimum atomic E-state index is -4.23. The zero-order valence-electron chi connectivity index (χ0n) is 29.3. The van der Waals surface area contributed by atoms with E-state index in [0.717, 1.165) is 44.9 Å². The normalized spacial score (nSPS) is 29.0. The van der Waals surface area contributed by atoms with Gasteiger partial charge in [0.1, 0.15) is 18.0 Å². The van der Waals surface area contributed by atoms with E-state index in [9.17, 15) is 18.0 Å². The standard InChI is InChI=1S/C38H48ClN3O8S/c1-37(2)36(44)41-51(45,46)29-9-12-34-32(20-29)42(23-38(24-49-34)15-3-5-25-19-27(39)8-11-31(25)38)21-26-7-10-30(26)33(6-4-16-50-37)48-22-35(43)40-28-13-17-47-18-14-28/h4,6,8-9,11-12,19-20,26,28,30,33H,3,5,7,10,13-18,21-24H2,1-2H3,(H,40,43)(H,41,44)/t26-,30+,33-,38-/m0/s1. The maximum Gasteiger partial charge on any atom is 0.265 e. The van der Waals surface area contributed by atoms with Crippen molar-refractivity contribution in [2.24, 2.45) is 11.8 Å². The molecule has 5 aliphatic rings. The number of amides is 2. The van der Waals surface area contributed by atoms with Crippen LogP contribution in [-0.4, -0.2) is 84.1 Å². The van der Waals surface area contributed by atoms with Crippen molar-refractivity contribution in [3.05, 3.63) is 64.7 Å². The van der Waals surface area contributed by atoms with Gasteiger partial charge >= 0.3 is 0 Å². The van der Waals surface area contributed by atoms with E-state index in [-0.39, 0.29) is 53.4 Å². The van der Waals surface area contributed by atoms with Crippen molar-refractivity contribution in [1.29, 1.82) is 0 Å². The van der Waals surface area contributed by atoms with Crippen molar-refractivity contribution in [3.8, 4) is 5.75 Å². The van der Waals surface area contributed by atoms with Crippen LogP contribution in [0.15, 0.2) is 53.4 Å². The Morgan fingerprint density at radius 2 is 1.94 bits per heavy atom. The molecule has 7 rings (SSSR count). The highest BCUT2D eigenvalue weighted by atomic mass is 35.5. The Morgan fingerprint density at radius 1 is 1.12 bits per heavy atom. The average molecular weight is 742 g/mol. The van der Waals surface area contributed by atoms with E-state index in [4.69, 9.17) is 30.5 Å². The van der Waals surface area contributed by atoms with E-state index in [1.54, 1.807) is 18.2 Å². The Labute approximate surface area is 305 Å². The molecule has 0 aromatic heterocycles. The van der Waals surface area contributed by atoms with Crippen LogP contribution in [0.25, 0.3) is 0 Å². The number of benzene rings is 2. The number of halogens is 1. The first kappa shape index (κ1) is 36.2. The van der Waals surface area contributed by atoms with Gasteiger partial charge in [-0.3, -0.25) is 9.59 Å². The summed E-state index contributed by atoms with van der Waals surface area (Å²) in [5.41, 5.74) is 1.31. The van der Waals surface area contributed by atoms with E-state index < -0.39 is 21.5 Å². The molecule has 3 aliphatic heterocycles. The summed E-state index contributed by atoms with van der Waals surface area (Å²) in [7, 11) is -4.23. The van der Waals surface area contributed by atoms with Crippen molar-refractivity contribution in [2.75, 3.05) is 51.0 Å². The number of aryl methyl sites for hydroxylation is 1. The van der Waals surface area contributed by atoms with Crippen LogP contribution < -0.4 is 19.7 Å². The number of hydrogen-bond donors (Lipinski definition) is 2. The van der Waals surface area contributed by atoms with Crippen LogP contribution in [0.2, 0.25) is 5.02 Å². The largest absolute Gasteiger partial charge is 0.490 e. The van der Waals surface area contributed by atoms with Gasteiger partial charge in [-0.2, -0.15) is 0 Å². The van der Waals surface area contributed by atoms with Crippen molar-refractivity contribution in [1.82, 2.24) is 10.0 Å². The Morgan fingerprint density at radius 3 is 2.73 bits per heavy atom. The summed E-state index contributed by atoms with van der Waals surface area (Å²) < 4.78 is 53.8. The average Bonchev–Trinajstić information content (AvgIpc) is 3.23. The summed E-state index contributed by atoms with van der Waals surface area (Å²) >= 11 is 6.44. The van der Waals surface area contributed by atoms with E-state index >= 15 is 0 Å². The highest BCUT2D eigenvalue weighted by Gasteiger charge is 2.45. The molecule has 2 aromatic carbocycles. The maximum atomic E-state index is 13.7. The van der Waals surface area contributed by atoms with Crippen LogP contribution in [0, 0.1) is 11.8 Å². The predicted octanol–water partition coefficient (Wildman–Crippen LogP) is 4.69. The van der Waals surface area contributed by atoms with Gasteiger partial charge in [0.05, 0.1) is 29.9 Å². The molecule has 1 saturated heterocycles. The Hall–Kier alpha value is -3.16. The van der Waals surface area contributed by atoms with E-state index in [0.29, 0.717) is 49.4 Å². The molecule has 3 heterocycles. The first-order valence-electron chi connectivity index (χ1n) is 18.1. The third-order valence-electron chi connectivity index (χ3n) is 11.3. The highest BCUT2D eigenvalue weighted by Crippen LogP contribution is 2.47. The number of sulfonamides is 1. The number of nitrogens with one attached hydrogen (secondary N) is 2. The molecule has 13 heteroatoms. The molecule has 2 aromatic rings. The Kier molecular flexibility index (Phi) is 10.4. The number of anilines is 1. The molecule has 2 aliphatic carbocycles. The third kappa shape index (κ3) is 7.81. The van der Waals surface area contributed by atoms with Gasteiger partial charge in [-0.05, 0) is 112 Å². The third-order valence-corrected chi connectivity index (χ3v) is 12.9. The van der Waals surface area contributed by atoms with Gasteiger partial charge in [-0.25, -0.2) is 13.1 Å². The van der Waals surface area contributed by atoms with Gasteiger partial charge in [0.25, 0.3) is 15.9 Å². The maximum absolute atomic E-state index is 13.7. The summed E-state index contributed by atoms with van der Waals surface area (Å²) in [5, 5.41) is 3.80. The second kappa shape index (κ2) is 14.7. The smallest absolute Gasteiger partial charge is 0.265 e. The second-order valence-corrected chi connectivity index (χ2v) is 17.3. The number of carbonyl (C=O) groups excluding carboxylic acids is 2. The zero-order chi connectivity index (χ0) is 35.8. The minimum Gasteiger partial charge on any atom is -0.490 e. The Bertz CT molecular complexity index is 1780. The van der Waals surface area contributed by atoms with E-state index in [2.05, 4.69) is 27.1 Å².